The molecule has 0 fully saturated rings. The van der Waals surface area contributed by atoms with Crippen molar-refractivity contribution >= 4 is 17.7 Å². The summed E-state index contributed by atoms with van der Waals surface area (Å²) >= 11 is 0. The van der Waals surface area contributed by atoms with Gasteiger partial charge in [0.1, 0.15) is 6.17 Å². The van der Waals surface area contributed by atoms with E-state index >= 15 is 0 Å². The lowest BCUT2D eigenvalue weighted by atomic mass is 10.0. The third kappa shape index (κ3) is 3.18. The largest absolute Gasteiger partial charge is 0.493 e. The molecule has 3 rings (SSSR count). The van der Waals surface area contributed by atoms with Crippen molar-refractivity contribution < 1.29 is 14.3 Å². The lowest BCUT2D eigenvalue weighted by Gasteiger charge is -2.36. The van der Waals surface area contributed by atoms with Gasteiger partial charge in [0.15, 0.2) is 11.5 Å². The molecule has 25 heavy (non-hydrogen) atoms. The second-order valence-corrected chi connectivity index (χ2v) is 6.01. The number of carbonyl (C=O) groups is 1. The Labute approximate surface area is 147 Å². The summed E-state index contributed by atoms with van der Waals surface area (Å²) < 4.78 is 10.7. The Kier molecular flexibility index (Phi) is 4.65. The second-order valence-electron chi connectivity index (χ2n) is 6.01. The number of methoxy groups -OCH3 is 2. The zero-order chi connectivity index (χ0) is 18.0. The molecule has 5 nitrogen and oxygen atoms in total. The fraction of sp³-hybridized carbons (Fsp3) is 0.250. The molecular weight excluding hydrogens is 316 g/mol. The molecule has 0 radical (unpaired) electrons. The number of carbonyl (C=O) groups excluding carboxylic acids is 1. The van der Waals surface area contributed by atoms with E-state index < -0.39 is 0 Å². The first-order chi connectivity index (χ1) is 12.0. The van der Waals surface area contributed by atoms with E-state index in [1.54, 1.807) is 32.2 Å². The Balaban J connectivity index is 1.98. The minimum Gasteiger partial charge on any atom is -0.493 e. The van der Waals surface area contributed by atoms with Crippen LogP contribution in [0.1, 0.15) is 22.8 Å². The summed E-state index contributed by atoms with van der Waals surface area (Å²) in [5.41, 5.74) is 3.46. The van der Waals surface area contributed by atoms with Gasteiger partial charge >= 0.3 is 0 Å². The van der Waals surface area contributed by atoms with Gasteiger partial charge in [-0.1, -0.05) is 36.4 Å². The van der Waals surface area contributed by atoms with Crippen LogP contribution in [0.5, 0.6) is 11.5 Å². The number of ether oxygens (including phenoxy) is 2. The molecule has 1 amide bonds. The van der Waals surface area contributed by atoms with Gasteiger partial charge in [-0.05, 0) is 24.1 Å². The molecule has 5 heteroatoms. The van der Waals surface area contributed by atoms with Gasteiger partial charge in [-0.25, -0.2) is 0 Å². The minimum atomic E-state index is -0.224. The summed E-state index contributed by atoms with van der Waals surface area (Å²) in [5.74, 6) is 1.08. The summed E-state index contributed by atoms with van der Waals surface area (Å²) in [5, 5.41) is 3.42. The summed E-state index contributed by atoms with van der Waals surface area (Å²) in [4.78, 5) is 14.5. The number of likely N-dealkylation sites (N-methyl/N-ethyl adjacent to an activating group) is 1. The minimum absolute atomic E-state index is 0.0551. The number of rotatable bonds is 4. The van der Waals surface area contributed by atoms with Crippen molar-refractivity contribution in [1.82, 2.24) is 4.90 Å². The average molecular weight is 338 g/mol. The molecule has 1 aliphatic heterocycles. The van der Waals surface area contributed by atoms with Crippen molar-refractivity contribution in [3.63, 3.8) is 0 Å². The van der Waals surface area contributed by atoms with Crippen LogP contribution >= 0.6 is 0 Å². The van der Waals surface area contributed by atoms with Crippen molar-refractivity contribution in [1.29, 1.82) is 0 Å². The Morgan fingerprint density at radius 3 is 2.40 bits per heavy atom. The topological polar surface area (TPSA) is 50.8 Å². The molecule has 130 valence electrons. The predicted octanol–water partition coefficient (Wildman–Crippen LogP) is 3.63. The second kappa shape index (κ2) is 6.89. The summed E-state index contributed by atoms with van der Waals surface area (Å²) in [7, 11) is 4.94. The fourth-order valence-corrected chi connectivity index (χ4v) is 3.04. The van der Waals surface area contributed by atoms with E-state index in [4.69, 9.17) is 9.47 Å². The van der Waals surface area contributed by atoms with E-state index in [2.05, 4.69) is 11.4 Å². The lowest BCUT2D eigenvalue weighted by Crippen LogP contribution is -2.47. The number of hydrogen-bond acceptors (Lipinski definition) is 4. The number of nitrogens with zero attached hydrogens (tertiary/aromatic N) is 1. The maximum absolute atomic E-state index is 12.8. The number of fused-ring (bicyclic) bond motifs is 1. The van der Waals surface area contributed by atoms with Gasteiger partial charge in [0.05, 0.1) is 25.5 Å². The van der Waals surface area contributed by atoms with Crippen molar-refractivity contribution in [3.05, 3.63) is 59.2 Å². The van der Waals surface area contributed by atoms with Crippen molar-refractivity contribution in [3.8, 4) is 11.5 Å². The van der Waals surface area contributed by atoms with Crippen LogP contribution in [-0.2, 0) is 0 Å². The third-order valence-corrected chi connectivity index (χ3v) is 4.38. The standard InChI is InChI=1S/C20H22N2O3/c1-13(10-14-8-6-5-7-9-14)19-21-16-12-18(25-4)17(24-3)11-15(16)20(23)22(19)2/h5-12,19,21H,1-4H3/b13-10+. The van der Waals surface area contributed by atoms with Gasteiger partial charge in [0.2, 0.25) is 0 Å². The van der Waals surface area contributed by atoms with E-state index in [9.17, 15) is 4.79 Å². The van der Waals surface area contributed by atoms with Crippen molar-refractivity contribution in [2.75, 3.05) is 26.6 Å². The SMILES string of the molecule is COc1cc2c(cc1OC)C(=O)N(C)C(/C(C)=C/c1ccccc1)N2. The molecule has 0 bridgehead atoms. The smallest absolute Gasteiger partial charge is 0.257 e. The summed E-state index contributed by atoms with van der Waals surface area (Å²) in [6, 6.07) is 13.6. The van der Waals surface area contributed by atoms with Crippen LogP contribution in [0.2, 0.25) is 0 Å². The van der Waals surface area contributed by atoms with E-state index in [-0.39, 0.29) is 12.1 Å². The highest BCUT2D eigenvalue weighted by molar-refractivity contribution is 6.02. The van der Waals surface area contributed by atoms with Crippen LogP contribution in [0, 0.1) is 0 Å². The maximum Gasteiger partial charge on any atom is 0.257 e. The molecular formula is C20H22N2O3. The van der Waals surface area contributed by atoms with E-state index in [0.717, 1.165) is 16.8 Å². The Hall–Kier alpha value is -2.95. The van der Waals surface area contributed by atoms with Crippen LogP contribution in [0.3, 0.4) is 0 Å². The molecule has 0 saturated heterocycles. The number of benzene rings is 2. The molecule has 1 unspecified atom stereocenters. The molecule has 1 heterocycles. The summed E-state index contributed by atoms with van der Waals surface area (Å²) in [6.07, 6.45) is 1.85. The fourth-order valence-electron chi connectivity index (χ4n) is 3.04. The Bertz CT molecular complexity index is 815. The third-order valence-electron chi connectivity index (χ3n) is 4.38. The maximum atomic E-state index is 12.8. The van der Waals surface area contributed by atoms with E-state index in [1.807, 2.05) is 43.3 Å². The molecule has 1 aliphatic rings. The number of nitrogens with one attached hydrogen (secondary N) is 1. The van der Waals surface area contributed by atoms with Gasteiger partial charge in [-0.2, -0.15) is 0 Å². The Morgan fingerprint density at radius 1 is 1.12 bits per heavy atom. The molecule has 1 N–H and O–H groups in total. The Morgan fingerprint density at radius 2 is 1.76 bits per heavy atom. The van der Waals surface area contributed by atoms with Crippen LogP contribution in [0.4, 0.5) is 5.69 Å². The zero-order valence-corrected chi connectivity index (χ0v) is 14.9. The van der Waals surface area contributed by atoms with Gasteiger partial charge in [0, 0.05) is 13.1 Å². The highest BCUT2D eigenvalue weighted by atomic mass is 16.5. The lowest BCUT2D eigenvalue weighted by molar-refractivity contribution is 0.0757. The highest BCUT2D eigenvalue weighted by Crippen LogP contribution is 2.37. The quantitative estimate of drug-likeness (QED) is 0.925. The van der Waals surface area contributed by atoms with Crippen molar-refractivity contribution in [2.24, 2.45) is 0 Å². The van der Waals surface area contributed by atoms with Gasteiger partial charge in [-0.3, -0.25) is 4.79 Å². The van der Waals surface area contributed by atoms with Gasteiger partial charge < -0.3 is 19.7 Å². The first-order valence-corrected chi connectivity index (χ1v) is 8.08. The first-order valence-electron chi connectivity index (χ1n) is 8.08. The van der Waals surface area contributed by atoms with Crippen LogP contribution in [0.15, 0.2) is 48.0 Å². The molecule has 2 aromatic carbocycles. The molecule has 1 atom stereocenters. The molecule has 0 saturated carbocycles. The highest BCUT2D eigenvalue weighted by Gasteiger charge is 2.31. The predicted molar refractivity (Wildman–Crippen MR) is 99.1 cm³/mol. The van der Waals surface area contributed by atoms with Gasteiger partial charge in [0.25, 0.3) is 5.91 Å². The first kappa shape index (κ1) is 16.9. The van der Waals surface area contributed by atoms with Crippen LogP contribution in [0.25, 0.3) is 6.08 Å². The number of anilines is 1. The van der Waals surface area contributed by atoms with E-state index in [1.165, 1.54) is 0 Å². The van der Waals surface area contributed by atoms with Crippen LogP contribution in [-0.4, -0.2) is 38.2 Å². The molecule has 2 aromatic rings. The molecule has 0 aliphatic carbocycles. The monoisotopic (exact) mass is 338 g/mol. The van der Waals surface area contributed by atoms with E-state index in [0.29, 0.717) is 17.1 Å². The zero-order valence-electron chi connectivity index (χ0n) is 14.9. The normalized spacial score (nSPS) is 17.0. The number of amides is 1. The van der Waals surface area contributed by atoms with Crippen LogP contribution < -0.4 is 14.8 Å². The average Bonchev–Trinajstić information content (AvgIpc) is 2.64. The molecule has 0 aromatic heterocycles. The van der Waals surface area contributed by atoms with Crippen molar-refractivity contribution in [2.45, 2.75) is 13.1 Å². The van der Waals surface area contributed by atoms with Gasteiger partial charge in [-0.15, -0.1) is 0 Å². The molecule has 0 spiro atoms. The summed E-state index contributed by atoms with van der Waals surface area (Å²) in [6.45, 7) is 2.01. The number of hydrogen-bond donors (Lipinski definition) is 1.